The fourth-order valence-electron chi connectivity index (χ4n) is 2.37. The van der Waals surface area contributed by atoms with Gasteiger partial charge in [-0.25, -0.2) is 0 Å². The van der Waals surface area contributed by atoms with Gasteiger partial charge >= 0.3 is 0 Å². The van der Waals surface area contributed by atoms with Crippen LogP contribution in [-0.4, -0.2) is 17.8 Å². The summed E-state index contributed by atoms with van der Waals surface area (Å²) in [6, 6.07) is 8.07. The van der Waals surface area contributed by atoms with Crippen LogP contribution in [0.2, 0.25) is 0 Å². The van der Waals surface area contributed by atoms with E-state index in [1.54, 1.807) is 0 Å². The van der Waals surface area contributed by atoms with Crippen molar-refractivity contribution in [3.8, 4) is 0 Å². The van der Waals surface area contributed by atoms with Crippen molar-refractivity contribution in [2.45, 2.75) is 25.7 Å². The molecule has 1 unspecified atom stereocenters. The first-order valence-corrected chi connectivity index (χ1v) is 7.09. The van der Waals surface area contributed by atoms with Gasteiger partial charge in [0.1, 0.15) is 6.29 Å². The number of carbonyl (C=O) groups excluding carboxylic acids is 1. The molecule has 2 rings (SSSR count). The van der Waals surface area contributed by atoms with Crippen LogP contribution in [0.3, 0.4) is 0 Å². The fraction of sp³-hybridized carbons (Fsp3) is 0.500. The molecular formula is C14H18OS. The van der Waals surface area contributed by atoms with Crippen LogP contribution in [0.4, 0.5) is 0 Å². The van der Waals surface area contributed by atoms with Crippen LogP contribution < -0.4 is 0 Å². The standard InChI is InChI=1S/C14H18OS/c1-11(14-6-8-16-9-7-14)13-4-2-12(10-15)3-5-13/h2-5,10-11,14H,6-9H2,1H3. The summed E-state index contributed by atoms with van der Waals surface area (Å²) in [5.74, 6) is 4.06. The summed E-state index contributed by atoms with van der Waals surface area (Å²) in [6.07, 6.45) is 3.58. The molecule has 0 bridgehead atoms. The molecule has 1 nitrogen and oxygen atoms in total. The van der Waals surface area contributed by atoms with Crippen molar-refractivity contribution in [2.24, 2.45) is 5.92 Å². The van der Waals surface area contributed by atoms with E-state index in [2.05, 4.69) is 30.8 Å². The Morgan fingerprint density at radius 3 is 2.44 bits per heavy atom. The van der Waals surface area contributed by atoms with E-state index in [4.69, 9.17) is 0 Å². The molecule has 1 aromatic rings. The van der Waals surface area contributed by atoms with E-state index in [1.807, 2.05) is 12.1 Å². The molecule has 0 N–H and O–H groups in total. The zero-order chi connectivity index (χ0) is 11.4. The molecule has 1 saturated heterocycles. The SMILES string of the molecule is CC(c1ccc(C=O)cc1)C1CCSCC1. The van der Waals surface area contributed by atoms with Gasteiger partial charge in [0.05, 0.1) is 0 Å². The largest absolute Gasteiger partial charge is 0.298 e. The number of rotatable bonds is 3. The van der Waals surface area contributed by atoms with Crippen LogP contribution in [0.25, 0.3) is 0 Å². The van der Waals surface area contributed by atoms with Crippen LogP contribution in [0.15, 0.2) is 24.3 Å². The molecule has 0 aromatic heterocycles. The van der Waals surface area contributed by atoms with Crippen LogP contribution in [-0.2, 0) is 0 Å². The summed E-state index contributed by atoms with van der Waals surface area (Å²) in [6.45, 7) is 2.32. The zero-order valence-corrected chi connectivity index (χ0v) is 10.5. The Morgan fingerprint density at radius 1 is 1.25 bits per heavy atom. The van der Waals surface area contributed by atoms with Crippen molar-refractivity contribution in [3.63, 3.8) is 0 Å². The Balaban J connectivity index is 2.06. The maximum Gasteiger partial charge on any atom is 0.150 e. The Labute approximate surface area is 102 Å². The first-order chi connectivity index (χ1) is 7.81. The van der Waals surface area contributed by atoms with Crippen molar-refractivity contribution in [3.05, 3.63) is 35.4 Å². The summed E-state index contributed by atoms with van der Waals surface area (Å²) in [5.41, 5.74) is 2.15. The number of hydrogen-bond donors (Lipinski definition) is 0. The van der Waals surface area contributed by atoms with Gasteiger partial charge in [0.25, 0.3) is 0 Å². The van der Waals surface area contributed by atoms with Gasteiger partial charge in [0.2, 0.25) is 0 Å². The molecule has 1 aromatic carbocycles. The summed E-state index contributed by atoms with van der Waals surface area (Å²) in [5, 5.41) is 0. The van der Waals surface area contributed by atoms with E-state index >= 15 is 0 Å². The Bertz CT molecular complexity index is 338. The Morgan fingerprint density at radius 2 is 1.88 bits per heavy atom. The summed E-state index contributed by atoms with van der Waals surface area (Å²) >= 11 is 2.07. The Hall–Kier alpha value is -0.760. The molecule has 1 atom stereocenters. The van der Waals surface area contributed by atoms with E-state index in [0.29, 0.717) is 5.92 Å². The van der Waals surface area contributed by atoms with E-state index < -0.39 is 0 Å². The normalized spacial score (nSPS) is 19.3. The van der Waals surface area contributed by atoms with Gasteiger partial charge in [-0.3, -0.25) is 4.79 Å². The molecule has 1 aliphatic heterocycles. The topological polar surface area (TPSA) is 17.1 Å². The minimum atomic E-state index is 0.626. The van der Waals surface area contributed by atoms with Crippen molar-refractivity contribution in [1.29, 1.82) is 0 Å². The quantitative estimate of drug-likeness (QED) is 0.741. The van der Waals surface area contributed by atoms with Gasteiger partial charge in [-0.05, 0) is 41.7 Å². The zero-order valence-electron chi connectivity index (χ0n) is 9.69. The number of benzene rings is 1. The predicted molar refractivity (Wildman–Crippen MR) is 70.3 cm³/mol. The average molecular weight is 234 g/mol. The maximum atomic E-state index is 10.6. The first kappa shape index (κ1) is 11.7. The lowest BCUT2D eigenvalue weighted by atomic mass is 9.83. The molecule has 1 heterocycles. The number of hydrogen-bond acceptors (Lipinski definition) is 2. The molecule has 0 saturated carbocycles. The van der Waals surface area contributed by atoms with Crippen molar-refractivity contribution < 1.29 is 4.79 Å². The van der Waals surface area contributed by atoms with Gasteiger partial charge in [0.15, 0.2) is 0 Å². The molecular weight excluding hydrogens is 216 g/mol. The third kappa shape index (κ3) is 2.67. The second-order valence-electron chi connectivity index (χ2n) is 4.52. The molecule has 0 spiro atoms. The molecule has 16 heavy (non-hydrogen) atoms. The predicted octanol–water partition coefficient (Wildman–Crippen LogP) is 3.75. The van der Waals surface area contributed by atoms with E-state index in [0.717, 1.165) is 17.8 Å². The lowest BCUT2D eigenvalue weighted by Gasteiger charge is -2.27. The molecule has 1 fully saturated rings. The summed E-state index contributed by atoms with van der Waals surface area (Å²) in [4.78, 5) is 10.6. The highest BCUT2D eigenvalue weighted by Crippen LogP contribution is 2.34. The third-order valence-corrected chi connectivity index (χ3v) is 4.62. The summed E-state index contributed by atoms with van der Waals surface area (Å²) in [7, 11) is 0. The van der Waals surface area contributed by atoms with E-state index in [9.17, 15) is 4.79 Å². The lowest BCUT2D eigenvalue weighted by molar-refractivity contribution is 0.112. The fourth-order valence-corrected chi connectivity index (χ4v) is 3.51. The second-order valence-corrected chi connectivity index (χ2v) is 5.75. The van der Waals surface area contributed by atoms with Crippen molar-refractivity contribution >= 4 is 18.0 Å². The number of aldehydes is 1. The van der Waals surface area contributed by atoms with Crippen LogP contribution in [0.1, 0.15) is 41.6 Å². The molecule has 0 radical (unpaired) electrons. The monoisotopic (exact) mass is 234 g/mol. The molecule has 0 amide bonds. The van der Waals surface area contributed by atoms with Gasteiger partial charge in [-0.2, -0.15) is 11.8 Å². The minimum absolute atomic E-state index is 0.626. The van der Waals surface area contributed by atoms with Crippen LogP contribution in [0, 0.1) is 5.92 Å². The minimum Gasteiger partial charge on any atom is -0.298 e. The number of thioether (sulfide) groups is 1. The third-order valence-electron chi connectivity index (χ3n) is 3.57. The molecule has 2 heteroatoms. The molecule has 1 aliphatic rings. The smallest absolute Gasteiger partial charge is 0.150 e. The van der Waals surface area contributed by atoms with Crippen LogP contribution >= 0.6 is 11.8 Å². The second kappa shape index (κ2) is 5.53. The molecule has 86 valence electrons. The average Bonchev–Trinajstić information content (AvgIpc) is 2.39. The Kier molecular flexibility index (Phi) is 4.05. The van der Waals surface area contributed by atoms with E-state index in [1.165, 1.54) is 29.9 Å². The first-order valence-electron chi connectivity index (χ1n) is 5.94. The van der Waals surface area contributed by atoms with Gasteiger partial charge in [-0.15, -0.1) is 0 Å². The molecule has 0 aliphatic carbocycles. The highest BCUT2D eigenvalue weighted by Gasteiger charge is 2.21. The highest BCUT2D eigenvalue weighted by molar-refractivity contribution is 7.99. The van der Waals surface area contributed by atoms with E-state index in [-0.39, 0.29) is 0 Å². The van der Waals surface area contributed by atoms with Gasteiger partial charge < -0.3 is 0 Å². The van der Waals surface area contributed by atoms with Gasteiger partial charge in [0, 0.05) is 5.56 Å². The number of carbonyl (C=O) groups is 1. The summed E-state index contributed by atoms with van der Waals surface area (Å²) < 4.78 is 0. The van der Waals surface area contributed by atoms with Gasteiger partial charge in [-0.1, -0.05) is 31.2 Å². The lowest BCUT2D eigenvalue weighted by Crippen LogP contribution is -2.16. The highest BCUT2D eigenvalue weighted by atomic mass is 32.2. The maximum absolute atomic E-state index is 10.6. The van der Waals surface area contributed by atoms with Crippen LogP contribution in [0.5, 0.6) is 0 Å². The van der Waals surface area contributed by atoms with Crippen molar-refractivity contribution in [2.75, 3.05) is 11.5 Å². The van der Waals surface area contributed by atoms with Crippen molar-refractivity contribution in [1.82, 2.24) is 0 Å².